The van der Waals surface area contributed by atoms with Gasteiger partial charge in [-0.15, -0.1) is 0 Å². The van der Waals surface area contributed by atoms with Crippen LogP contribution in [0.2, 0.25) is 0 Å². The molecule has 0 aliphatic heterocycles. The van der Waals surface area contributed by atoms with Crippen LogP contribution in [-0.4, -0.2) is 0 Å². The van der Waals surface area contributed by atoms with Crippen LogP contribution in [0.5, 0.6) is 0 Å². The maximum absolute atomic E-state index is 2.47. The second kappa shape index (κ2) is 15.2. The van der Waals surface area contributed by atoms with E-state index in [0.717, 1.165) is 45.3 Å². The van der Waals surface area contributed by atoms with Crippen molar-refractivity contribution >= 4 is 55.7 Å². The molecule has 9 rings (SSSR count). The lowest BCUT2D eigenvalue weighted by atomic mass is 9.83. The van der Waals surface area contributed by atoms with Crippen LogP contribution in [0.25, 0.3) is 43.8 Å². The first-order valence-corrected chi connectivity index (χ1v) is 20.3. The van der Waals surface area contributed by atoms with E-state index in [2.05, 4.69) is 245 Å². The maximum atomic E-state index is 2.47. The molecular formula is C56H48N2. The van der Waals surface area contributed by atoms with Crippen molar-refractivity contribution in [3.63, 3.8) is 0 Å². The summed E-state index contributed by atoms with van der Waals surface area (Å²) in [5.41, 5.74) is 14.9. The fourth-order valence-corrected chi connectivity index (χ4v) is 8.03. The lowest BCUT2D eigenvalue weighted by Gasteiger charge is -2.35. The van der Waals surface area contributed by atoms with E-state index < -0.39 is 0 Å². The van der Waals surface area contributed by atoms with Gasteiger partial charge in [0.15, 0.2) is 0 Å². The van der Waals surface area contributed by atoms with Crippen molar-refractivity contribution in [3.8, 4) is 22.3 Å². The van der Waals surface area contributed by atoms with Crippen molar-refractivity contribution in [1.82, 2.24) is 0 Å². The summed E-state index contributed by atoms with van der Waals surface area (Å²) in [7, 11) is 0. The van der Waals surface area contributed by atoms with Gasteiger partial charge in [-0.05, 0) is 130 Å². The van der Waals surface area contributed by atoms with Crippen molar-refractivity contribution in [1.29, 1.82) is 0 Å². The van der Waals surface area contributed by atoms with Crippen LogP contribution >= 0.6 is 0 Å². The lowest BCUT2D eigenvalue weighted by Crippen LogP contribution is -2.19. The second-order valence-corrected chi connectivity index (χ2v) is 16.5. The van der Waals surface area contributed by atoms with Crippen LogP contribution in [0.15, 0.2) is 200 Å². The highest BCUT2D eigenvalue weighted by Gasteiger charge is 2.28. The molecule has 0 saturated carbocycles. The number of benzene rings is 9. The molecule has 58 heavy (non-hydrogen) atoms. The molecule has 282 valence electrons. The summed E-state index contributed by atoms with van der Waals surface area (Å²) >= 11 is 0. The Balaban J connectivity index is 1.39. The van der Waals surface area contributed by atoms with Crippen LogP contribution in [-0.2, 0) is 5.41 Å². The van der Waals surface area contributed by atoms with E-state index >= 15 is 0 Å². The van der Waals surface area contributed by atoms with Crippen LogP contribution in [0.1, 0.15) is 37.5 Å². The average molecular weight is 749 g/mol. The number of hydrogen-bond acceptors (Lipinski definition) is 2. The highest BCUT2D eigenvalue weighted by molar-refractivity contribution is 6.02. The SMILES string of the molecule is Cc1ccc(N(c2ccc(-c3ccccc3)cc2)c2cc(C(C)(C)C)cc(N(c3ccc(C)cc3)c3ccc4ccccc4c3)c2-c2ccc3ccccc3c2)cc1. The minimum Gasteiger partial charge on any atom is -0.310 e. The van der Waals surface area contributed by atoms with Gasteiger partial charge in [0.05, 0.1) is 11.4 Å². The first kappa shape index (κ1) is 36.7. The molecule has 0 saturated heterocycles. The van der Waals surface area contributed by atoms with E-state index in [1.165, 1.54) is 49.4 Å². The Morgan fingerprint density at radius 2 is 0.724 bits per heavy atom. The Morgan fingerprint density at radius 1 is 0.328 bits per heavy atom. The van der Waals surface area contributed by atoms with Crippen LogP contribution < -0.4 is 9.80 Å². The van der Waals surface area contributed by atoms with Gasteiger partial charge >= 0.3 is 0 Å². The third kappa shape index (κ3) is 7.26. The molecule has 0 bridgehead atoms. The monoisotopic (exact) mass is 748 g/mol. The van der Waals surface area contributed by atoms with Crippen LogP contribution in [0.4, 0.5) is 34.1 Å². The van der Waals surface area contributed by atoms with Gasteiger partial charge in [0.1, 0.15) is 0 Å². The van der Waals surface area contributed by atoms with Crippen molar-refractivity contribution in [2.45, 2.75) is 40.0 Å². The molecule has 0 radical (unpaired) electrons. The minimum absolute atomic E-state index is 0.163. The molecule has 0 heterocycles. The van der Waals surface area contributed by atoms with Gasteiger partial charge in [-0.1, -0.05) is 165 Å². The molecule has 9 aromatic rings. The number of fused-ring (bicyclic) bond motifs is 2. The van der Waals surface area contributed by atoms with E-state index in [4.69, 9.17) is 0 Å². The van der Waals surface area contributed by atoms with Gasteiger partial charge in [0, 0.05) is 28.3 Å². The van der Waals surface area contributed by atoms with Gasteiger partial charge < -0.3 is 9.80 Å². The summed E-state index contributed by atoms with van der Waals surface area (Å²) in [5.74, 6) is 0. The predicted molar refractivity (Wildman–Crippen MR) is 250 cm³/mol. The second-order valence-electron chi connectivity index (χ2n) is 16.5. The molecule has 0 aliphatic rings. The predicted octanol–water partition coefficient (Wildman–Crippen LogP) is 16.2. The third-order valence-electron chi connectivity index (χ3n) is 11.3. The fraction of sp³-hybridized carbons (Fsp3) is 0.107. The Hall–Kier alpha value is -6.90. The van der Waals surface area contributed by atoms with Crippen molar-refractivity contribution in [2.24, 2.45) is 0 Å². The van der Waals surface area contributed by atoms with E-state index in [1.807, 2.05) is 0 Å². The number of aryl methyl sites for hydroxylation is 2. The fourth-order valence-electron chi connectivity index (χ4n) is 8.03. The van der Waals surface area contributed by atoms with E-state index in [0.29, 0.717) is 0 Å². The molecule has 0 unspecified atom stereocenters. The molecule has 0 atom stereocenters. The van der Waals surface area contributed by atoms with Crippen molar-refractivity contribution < 1.29 is 0 Å². The number of hydrogen-bond donors (Lipinski definition) is 0. The van der Waals surface area contributed by atoms with Gasteiger partial charge in [-0.25, -0.2) is 0 Å². The number of rotatable bonds is 8. The number of nitrogens with zero attached hydrogens (tertiary/aromatic N) is 2. The molecule has 9 aromatic carbocycles. The summed E-state index contributed by atoms with van der Waals surface area (Å²) in [5, 5.41) is 4.85. The molecule has 0 spiro atoms. The molecule has 2 heteroatoms. The van der Waals surface area contributed by atoms with E-state index in [-0.39, 0.29) is 5.41 Å². The highest BCUT2D eigenvalue weighted by Crippen LogP contribution is 2.51. The van der Waals surface area contributed by atoms with Crippen LogP contribution in [0, 0.1) is 13.8 Å². The normalized spacial score (nSPS) is 11.5. The largest absolute Gasteiger partial charge is 0.310 e. The Bertz CT molecular complexity index is 2860. The van der Waals surface area contributed by atoms with Gasteiger partial charge in [-0.3, -0.25) is 0 Å². The van der Waals surface area contributed by atoms with Crippen molar-refractivity contribution in [2.75, 3.05) is 9.80 Å². The smallest absolute Gasteiger partial charge is 0.0564 e. The third-order valence-corrected chi connectivity index (χ3v) is 11.3. The quantitative estimate of drug-likeness (QED) is 0.153. The Morgan fingerprint density at radius 3 is 1.26 bits per heavy atom. The summed E-state index contributed by atoms with van der Waals surface area (Å²) in [6.07, 6.45) is 0. The molecule has 0 amide bonds. The first-order valence-electron chi connectivity index (χ1n) is 20.3. The summed E-state index contributed by atoms with van der Waals surface area (Å²) < 4.78 is 0. The molecule has 0 aromatic heterocycles. The Kier molecular flexibility index (Phi) is 9.63. The minimum atomic E-state index is -0.163. The summed E-state index contributed by atoms with van der Waals surface area (Å²) in [6.45, 7) is 11.3. The van der Waals surface area contributed by atoms with Crippen LogP contribution in [0.3, 0.4) is 0 Å². The van der Waals surface area contributed by atoms with Gasteiger partial charge in [-0.2, -0.15) is 0 Å². The Labute approximate surface area is 343 Å². The zero-order valence-electron chi connectivity index (χ0n) is 33.9. The lowest BCUT2D eigenvalue weighted by molar-refractivity contribution is 0.590. The molecule has 2 nitrogen and oxygen atoms in total. The van der Waals surface area contributed by atoms with Crippen molar-refractivity contribution in [3.05, 3.63) is 217 Å². The molecule has 0 fully saturated rings. The van der Waals surface area contributed by atoms with Gasteiger partial charge in [0.2, 0.25) is 0 Å². The zero-order valence-corrected chi connectivity index (χ0v) is 33.9. The summed E-state index contributed by atoms with van der Waals surface area (Å²) in [4.78, 5) is 4.94. The molecule has 0 aliphatic carbocycles. The average Bonchev–Trinajstić information content (AvgIpc) is 3.25. The highest BCUT2D eigenvalue weighted by atomic mass is 15.2. The van der Waals surface area contributed by atoms with E-state index in [9.17, 15) is 0 Å². The zero-order chi connectivity index (χ0) is 39.8. The topological polar surface area (TPSA) is 6.48 Å². The first-order chi connectivity index (χ1) is 28.2. The summed E-state index contributed by atoms with van der Waals surface area (Å²) in [6, 6.07) is 73.6. The standard InChI is InChI=1S/C56H48N2/c1-39-19-28-49(29-20-39)57(51-32-25-44(26-33-51)41-13-7-6-8-14-41)53-37-48(56(3,4)5)38-54(55(53)47-24-23-42-15-9-11-17-45(42)35-47)58(50-30-21-40(2)22-31-50)52-34-27-43-16-10-12-18-46(43)36-52/h6-38H,1-5H3. The van der Waals surface area contributed by atoms with Gasteiger partial charge in [0.25, 0.3) is 0 Å². The van der Waals surface area contributed by atoms with E-state index in [1.54, 1.807) is 0 Å². The number of anilines is 6. The molecular weight excluding hydrogens is 701 g/mol. The molecule has 0 N–H and O–H groups in total. The maximum Gasteiger partial charge on any atom is 0.0564 e.